The highest BCUT2D eigenvalue weighted by molar-refractivity contribution is 6.31. The standard InChI is InChI=1S/C18H29ClN4O3/c1-18(2,3)26-17(25)23-10-5-4-6-13(23)7-9-20-16-21-12-14(19)15(22-16)8-11-24/h12-13,24H,4-11H2,1-3H3,(H,20,21,22). The van der Waals surface area contributed by atoms with Gasteiger partial charge in [0, 0.05) is 32.2 Å². The maximum atomic E-state index is 12.4. The molecule has 0 spiro atoms. The first-order chi connectivity index (χ1) is 12.3. The number of anilines is 1. The van der Waals surface area contributed by atoms with Gasteiger partial charge in [-0.2, -0.15) is 0 Å². The summed E-state index contributed by atoms with van der Waals surface area (Å²) in [5.41, 5.74) is 0.136. The highest BCUT2D eigenvalue weighted by atomic mass is 35.5. The van der Waals surface area contributed by atoms with Crippen LogP contribution >= 0.6 is 11.6 Å². The molecule has 1 fully saturated rings. The Bertz CT molecular complexity index is 607. The van der Waals surface area contributed by atoms with Crippen molar-refractivity contribution in [1.82, 2.24) is 14.9 Å². The predicted octanol–water partition coefficient (Wildman–Crippen LogP) is 3.26. The van der Waals surface area contributed by atoms with Crippen molar-refractivity contribution in [3.63, 3.8) is 0 Å². The third-order valence-corrected chi connectivity index (χ3v) is 4.50. The number of rotatable bonds is 6. The summed E-state index contributed by atoms with van der Waals surface area (Å²) < 4.78 is 5.53. The average molecular weight is 385 g/mol. The molecule has 1 atom stereocenters. The smallest absolute Gasteiger partial charge is 0.410 e. The lowest BCUT2D eigenvalue weighted by atomic mass is 10.00. The Morgan fingerprint density at radius 2 is 2.23 bits per heavy atom. The van der Waals surface area contributed by atoms with Gasteiger partial charge in [-0.25, -0.2) is 14.8 Å². The van der Waals surface area contributed by atoms with E-state index in [-0.39, 0.29) is 18.7 Å². The number of halogens is 1. The summed E-state index contributed by atoms with van der Waals surface area (Å²) >= 11 is 6.02. The normalized spacial score (nSPS) is 17.9. The number of hydrogen-bond acceptors (Lipinski definition) is 6. The van der Waals surface area contributed by atoms with Crippen molar-refractivity contribution in [1.29, 1.82) is 0 Å². The van der Waals surface area contributed by atoms with Crippen LogP contribution in [0.3, 0.4) is 0 Å². The molecule has 2 rings (SSSR count). The Morgan fingerprint density at radius 3 is 2.92 bits per heavy atom. The highest BCUT2D eigenvalue weighted by Crippen LogP contribution is 2.22. The van der Waals surface area contributed by atoms with Crippen molar-refractivity contribution < 1.29 is 14.6 Å². The third kappa shape index (κ3) is 6.29. The van der Waals surface area contributed by atoms with Crippen LogP contribution in [-0.2, 0) is 11.2 Å². The van der Waals surface area contributed by atoms with Crippen LogP contribution in [0.4, 0.5) is 10.7 Å². The first-order valence-corrected chi connectivity index (χ1v) is 9.53. The van der Waals surface area contributed by atoms with Gasteiger partial charge >= 0.3 is 6.09 Å². The second kappa shape index (κ2) is 9.37. The van der Waals surface area contributed by atoms with E-state index in [2.05, 4.69) is 15.3 Å². The van der Waals surface area contributed by atoms with E-state index in [1.807, 2.05) is 25.7 Å². The van der Waals surface area contributed by atoms with Crippen molar-refractivity contribution in [2.24, 2.45) is 0 Å². The van der Waals surface area contributed by atoms with E-state index < -0.39 is 5.60 Å². The van der Waals surface area contributed by atoms with E-state index in [1.165, 1.54) is 6.20 Å². The topological polar surface area (TPSA) is 87.6 Å². The second-order valence-electron chi connectivity index (χ2n) is 7.50. The van der Waals surface area contributed by atoms with E-state index in [0.29, 0.717) is 29.6 Å². The highest BCUT2D eigenvalue weighted by Gasteiger charge is 2.30. The predicted molar refractivity (Wildman–Crippen MR) is 102 cm³/mol. The zero-order valence-electron chi connectivity index (χ0n) is 15.8. The fraction of sp³-hybridized carbons (Fsp3) is 0.722. The van der Waals surface area contributed by atoms with E-state index in [9.17, 15) is 4.79 Å². The molecule has 1 aliphatic rings. The van der Waals surface area contributed by atoms with E-state index >= 15 is 0 Å². The lowest BCUT2D eigenvalue weighted by Crippen LogP contribution is -2.46. The van der Waals surface area contributed by atoms with Gasteiger partial charge in [-0.15, -0.1) is 0 Å². The molecule has 1 aliphatic heterocycles. The van der Waals surface area contributed by atoms with Gasteiger partial charge in [0.25, 0.3) is 0 Å². The Kier molecular flexibility index (Phi) is 7.46. The lowest BCUT2D eigenvalue weighted by Gasteiger charge is -2.36. The fourth-order valence-electron chi connectivity index (χ4n) is 2.98. The number of amides is 1. The Labute approximate surface area is 160 Å². The van der Waals surface area contributed by atoms with Crippen LogP contribution in [0.1, 0.15) is 52.1 Å². The summed E-state index contributed by atoms with van der Waals surface area (Å²) in [5, 5.41) is 12.7. The zero-order chi connectivity index (χ0) is 19.2. The number of hydrogen-bond donors (Lipinski definition) is 2. The number of nitrogens with one attached hydrogen (secondary N) is 1. The van der Waals surface area contributed by atoms with Gasteiger partial charge in [-0.1, -0.05) is 11.6 Å². The lowest BCUT2D eigenvalue weighted by molar-refractivity contribution is 0.00929. The van der Waals surface area contributed by atoms with Gasteiger partial charge in [-0.3, -0.25) is 0 Å². The number of aliphatic hydroxyl groups excluding tert-OH is 1. The molecule has 2 N–H and O–H groups in total. The summed E-state index contributed by atoms with van der Waals surface area (Å²) in [7, 11) is 0. The van der Waals surface area contributed by atoms with E-state index in [1.54, 1.807) is 0 Å². The van der Waals surface area contributed by atoms with Crippen LogP contribution in [-0.4, -0.2) is 57.4 Å². The first kappa shape index (κ1) is 20.7. The Balaban J connectivity index is 1.90. The molecule has 1 amide bonds. The van der Waals surface area contributed by atoms with Gasteiger partial charge in [0.1, 0.15) is 5.60 Å². The molecule has 1 aromatic heterocycles. The monoisotopic (exact) mass is 384 g/mol. The van der Waals surface area contributed by atoms with Crippen molar-refractivity contribution in [3.05, 3.63) is 16.9 Å². The van der Waals surface area contributed by atoms with Crippen LogP contribution < -0.4 is 5.32 Å². The number of carbonyl (C=O) groups excluding carboxylic acids is 1. The quantitative estimate of drug-likeness (QED) is 0.782. The van der Waals surface area contributed by atoms with Crippen LogP contribution in [0.25, 0.3) is 0 Å². The van der Waals surface area contributed by atoms with Crippen molar-refractivity contribution >= 4 is 23.6 Å². The number of aromatic nitrogens is 2. The number of aliphatic hydroxyl groups is 1. The first-order valence-electron chi connectivity index (χ1n) is 9.16. The largest absolute Gasteiger partial charge is 0.444 e. The Morgan fingerprint density at radius 1 is 1.46 bits per heavy atom. The van der Waals surface area contributed by atoms with Gasteiger partial charge in [0.2, 0.25) is 5.95 Å². The molecule has 0 radical (unpaired) electrons. The van der Waals surface area contributed by atoms with E-state index in [0.717, 1.165) is 32.2 Å². The maximum absolute atomic E-state index is 12.4. The molecule has 8 heteroatoms. The molecular formula is C18H29ClN4O3. The minimum absolute atomic E-state index is 0.0108. The molecule has 0 aromatic carbocycles. The molecule has 0 saturated carbocycles. The minimum Gasteiger partial charge on any atom is -0.444 e. The van der Waals surface area contributed by atoms with Crippen molar-refractivity contribution in [3.8, 4) is 0 Å². The summed E-state index contributed by atoms with van der Waals surface area (Å²) in [4.78, 5) is 22.8. The number of piperidine rings is 1. The van der Waals surface area contributed by atoms with Crippen LogP contribution in [0.15, 0.2) is 6.20 Å². The van der Waals surface area contributed by atoms with E-state index in [4.69, 9.17) is 21.4 Å². The van der Waals surface area contributed by atoms with Crippen molar-refractivity contribution in [2.75, 3.05) is 25.0 Å². The van der Waals surface area contributed by atoms with Gasteiger partial charge in [-0.05, 0) is 46.5 Å². The second-order valence-corrected chi connectivity index (χ2v) is 7.91. The number of ether oxygens (including phenoxy) is 1. The number of likely N-dealkylation sites (tertiary alicyclic amines) is 1. The molecular weight excluding hydrogens is 356 g/mol. The Hall–Kier alpha value is -1.60. The molecule has 0 aliphatic carbocycles. The zero-order valence-corrected chi connectivity index (χ0v) is 16.6. The summed E-state index contributed by atoms with van der Waals surface area (Å²) in [5.74, 6) is 0.484. The summed E-state index contributed by atoms with van der Waals surface area (Å²) in [6, 6.07) is 0.148. The molecule has 26 heavy (non-hydrogen) atoms. The van der Waals surface area contributed by atoms with Crippen LogP contribution in [0, 0.1) is 0 Å². The minimum atomic E-state index is -0.489. The SMILES string of the molecule is CC(C)(C)OC(=O)N1CCCCC1CCNc1ncc(Cl)c(CCO)n1. The average Bonchev–Trinajstić information content (AvgIpc) is 2.57. The molecule has 1 unspecified atom stereocenters. The van der Waals surface area contributed by atoms with Crippen LogP contribution in [0.2, 0.25) is 5.02 Å². The molecule has 1 saturated heterocycles. The molecule has 2 heterocycles. The van der Waals surface area contributed by atoms with Crippen LogP contribution in [0.5, 0.6) is 0 Å². The van der Waals surface area contributed by atoms with Gasteiger partial charge in [0.05, 0.1) is 16.9 Å². The third-order valence-electron chi connectivity index (χ3n) is 4.18. The summed E-state index contributed by atoms with van der Waals surface area (Å²) in [6.07, 6.45) is 5.57. The number of carbonyl (C=O) groups is 1. The number of nitrogens with zero attached hydrogens (tertiary/aromatic N) is 3. The molecule has 146 valence electrons. The fourth-order valence-corrected chi connectivity index (χ4v) is 3.17. The summed E-state index contributed by atoms with van der Waals surface area (Å²) in [6.45, 7) is 7.01. The van der Waals surface area contributed by atoms with Gasteiger partial charge in [0.15, 0.2) is 0 Å². The van der Waals surface area contributed by atoms with Crippen molar-refractivity contribution in [2.45, 2.75) is 64.5 Å². The molecule has 1 aromatic rings. The molecule has 7 nitrogen and oxygen atoms in total. The molecule has 0 bridgehead atoms. The van der Waals surface area contributed by atoms with Gasteiger partial charge < -0.3 is 20.1 Å². The maximum Gasteiger partial charge on any atom is 0.410 e.